The van der Waals surface area contributed by atoms with Gasteiger partial charge in [-0.25, -0.2) is 0 Å². The van der Waals surface area contributed by atoms with E-state index in [1.54, 1.807) is 5.38 Å². The van der Waals surface area contributed by atoms with E-state index in [4.69, 9.17) is 0 Å². The zero-order chi connectivity index (χ0) is 13.1. The zero-order valence-electron chi connectivity index (χ0n) is 11.0. The average molecular weight is 280 g/mol. The Kier molecular flexibility index (Phi) is 3.79. The van der Waals surface area contributed by atoms with Gasteiger partial charge in [0, 0.05) is 17.0 Å². The van der Waals surface area contributed by atoms with E-state index >= 15 is 0 Å². The molecule has 2 fully saturated rings. The van der Waals surface area contributed by atoms with Gasteiger partial charge in [0.2, 0.25) is 0 Å². The van der Waals surface area contributed by atoms with Crippen LogP contribution in [-0.4, -0.2) is 33.6 Å². The van der Waals surface area contributed by atoms with Crippen molar-refractivity contribution in [2.24, 2.45) is 0 Å². The maximum atomic E-state index is 12.0. The molecule has 19 heavy (non-hydrogen) atoms. The van der Waals surface area contributed by atoms with E-state index in [2.05, 4.69) is 20.2 Å². The summed E-state index contributed by atoms with van der Waals surface area (Å²) >= 11 is 1.22. The molecule has 2 N–H and O–H groups in total. The van der Waals surface area contributed by atoms with E-state index in [0.717, 1.165) is 19.4 Å². The number of amides is 1. The number of piperidine rings is 1. The molecule has 1 unspecified atom stereocenters. The molecular formula is C13H20N4OS. The first-order chi connectivity index (χ1) is 9.27. The van der Waals surface area contributed by atoms with Gasteiger partial charge in [-0.2, -0.15) is 0 Å². The Morgan fingerprint density at radius 1 is 1.42 bits per heavy atom. The highest BCUT2D eigenvalue weighted by Gasteiger charge is 2.37. The number of rotatable bonds is 2. The summed E-state index contributed by atoms with van der Waals surface area (Å²) in [5.74, 6) is -0.0772. The van der Waals surface area contributed by atoms with Crippen molar-refractivity contribution in [3.63, 3.8) is 0 Å². The van der Waals surface area contributed by atoms with Crippen LogP contribution >= 0.6 is 11.5 Å². The summed E-state index contributed by atoms with van der Waals surface area (Å²) in [6.07, 6.45) is 8.52. The van der Waals surface area contributed by atoms with Crippen molar-refractivity contribution in [3.8, 4) is 0 Å². The molecule has 1 amide bonds. The normalized spacial score (nSPS) is 26.2. The lowest BCUT2D eigenvalue weighted by Gasteiger charge is -2.44. The maximum Gasteiger partial charge on any atom is 0.272 e. The van der Waals surface area contributed by atoms with E-state index in [9.17, 15) is 4.79 Å². The van der Waals surface area contributed by atoms with Crippen LogP contribution in [0.2, 0.25) is 0 Å². The van der Waals surface area contributed by atoms with Crippen LogP contribution in [0.25, 0.3) is 0 Å². The number of hydrogen-bond acceptors (Lipinski definition) is 5. The number of nitrogens with zero attached hydrogens (tertiary/aromatic N) is 2. The molecule has 5 nitrogen and oxygen atoms in total. The fraction of sp³-hybridized carbons (Fsp3) is 0.769. The lowest BCUT2D eigenvalue weighted by Crippen LogP contribution is -2.57. The molecule has 1 spiro atoms. The molecule has 3 rings (SSSR count). The monoisotopic (exact) mass is 280 g/mol. The average Bonchev–Trinajstić information content (AvgIpc) is 2.93. The van der Waals surface area contributed by atoms with Crippen molar-refractivity contribution < 1.29 is 4.79 Å². The second-order valence-corrected chi connectivity index (χ2v) is 6.33. The van der Waals surface area contributed by atoms with Gasteiger partial charge in [-0.05, 0) is 43.8 Å². The summed E-state index contributed by atoms with van der Waals surface area (Å²) in [7, 11) is 0. The summed E-state index contributed by atoms with van der Waals surface area (Å²) in [5.41, 5.74) is 0.718. The predicted octanol–water partition coefficient (Wildman–Crippen LogP) is 1.72. The number of nitrogens with one attached hydrogen (secondary N) is 2. The molecule has 1 saturated heterocycles. The number of carbonyl (C=O) groups is 1. The zero-order valence-corrected chi connectivity index (χ0v) is 11.8. The highest BCUT2D eigenvalue weighted by atomic mass is 32.1. The van der Waals surface area contributed by atoms with Gasteiger partial charge < -0.3 is 10.6 Å². The lowest BCUT2D eigenvalue weighted by molar-refractivity contribution is 0.0887. The SMILES string of the molecule is O=C(NC1CCNC2(CCCCC2)C1)c1csnn1. The molecule has 0 radical (unpaired) electrons. The number of carbonyl (C=O) groups excluding carboxylic acids is 1. The molecule has 2 aliphatic rings. The summed E-state index contributed by atoms with van der Waals surface area (Å²) in [6, 6.07) is 0.272. The van der Waals surface area contributed by atoms with E-state index in [-0.39, 0.29) is 17.5 Å². The van der Waals surface area contributed by atoms with Crippen LogP contribution in [0, 0.1) is 0 Å². The highest BCUT2D eigenvalue weighted by Crippen LogP contribution is 2.34. The third-order valence-corrected chi connectivity index (χ3v) is 4.87. The van der Waals surface area contributed by atoms with E-state index in [1.165, 1.54) is 43.6 Å². The summed E-state index contributed by atoms with van der Waals surface area (Å²) in [6.45, 7) is 1.00. The summed E-state index contributed by atoms with van der Waals surface area (Å²) in [5, 5.41) is 12.3. The van der Waals surface area contributed by atoms with E-state index in [1.807, 2.05) is 0 Å². The molecule has 1 saturated carbocycles. The number of hydrogen-bond donors (Lipinski definition) is 2. The van der Waals surface area contributed by atoms with Crippen LogP contribution in [0.15, 0.2) is 5.38 Å². The van der Waals surface area contributed by atoms with Crippen LogP contribution in [-0.2, 0) is 0 Å². The van der Waals surface area contributed by atoms with Gasteiger partial charge in [-0.3, -0.25) is 4.79 Å². The third kappa shape index (κ3) is 2.95. The van der Waals surface area contributed by atoms with Crippen molar-refractivity contribution in [2.75, 3.05) is 6.54 Å². The summed E-state index contributed by atoms with van der Waals surface area (Å²) < 4.78 is 3.74. The van der Waals surface area contributed by atoms with Crippen LogP contribution in [0.5, 0.6) is 0 Å². The Labute approximate surface area is 117 Å². The minimum atomic E-state index is -0.0772. The Balaban J connectivity index is 1.60. The van der Waals surface area contributed by atoms with Crippen LogP contribution < -0.4 is 10.6 Å². The first kappa shape index (κ1) is 13.0. The summed E-state index contributed by atoms with van der Waals surface area (Å²) in [4.78, 5) is 12.0. The third-order valence-electron chi connectivity index (χ3n) is 4.37. The van der Waals surface area contributed by atoms with Crippen LogP contribution in [0.1, 0.15) is 55.4 Å². The molecule has 6 heteroatoms. The molecular weight excluding hydrogens is 260 g/mol. The molecule has 0 aromatic carbocycles. The Hall–Kier alpha value is -1.01. The standard InChI is InChI=1S/C13H20N4OS/c18-12(11-9-19-17-16-11)15-10-4-7-14-13(8-10)5-2-1-3-6-13/h9-10,14H,1-8H2,(H,15,18). The van der Waals surface area contributed by atoms with Gasteiger partial charge in [-0.15, -0.1) is 5.10 Å². The molecule has 1 aliphatic heterocycles. The smallest absolute Gasteiger partial charge is 0.272 e. The van der Waals surface area contributed by atoms with Crippen molar-refractivity contribution in [2.45, 2.75) is 56.5 Å². The molecule has 1 aliphatic carbocycles. The topological polar surface area (TPSA) is 66.9 Å². The Bertz CT molecular complexity index is 422. The van der Waals surface area contributed by atoms with Crippen molar-refractivity contribution in [1.82, 2.24) is 20.2 Å². The van der Waals surface area contributed by atoms with Crippen molar-refractivity contribution in [1.29, 1.82) is 0 Å². The maximum absolute atomic E-state index is 12.0. The van der Waals surface area contributed by atoms with Gasteiger partial charge in [0.25, 0.3) is 5.91 Å². The highest BCUT2D eigenvalue weighted by molar-refractivity contribution is 7.03. The largest absolute Gasteiger partial charge is 0.348 e. The molecule has 0 bridgehead atoms. The van der Waals surface area contributed by atoms with Gasteiger partial charge in [0.05, 0.1) is 0 Å². The van der Waals surface area contributed by atoms with Gasteiger partial charge >= 0.3 is 0 Å². The minimum Gasteiger partial charge on any atom is -0.348 e. The van der Waals surface area contributed by atoms with Crippen LogP contribution in [0.4, 0.5) is 0 Å². The van der Waals surface area contributed by atoms with Crippen LogP contribution in [0.3, 0.4) is 0 Å². The molecule has 1 atom stereocenters. The second-order valence-electron chi connectivity index (χ2n) is 5.72. The molecule has 1 aromatic heterocycles. The first-order valence-electron chi connectivity index (χ1n) is 7.10. The Morgan fingerprint density at radius 2 is 2.26 bits per heavy atom. The minimum absolute atomic E-state index is 0.0772. The van der Waals surface area contributed by atoms with Gasteiger partial charge in [0.1, 0.15) is 0 Å². The van der Waals surface area contributed by atoms with E-state index in [0.29, 0.717) is 5.69 Å². The quantitative estimate of drug-likeness (QED) is 0.865. The fourth-order valence-electron chi connectivity index (χ4n) is 3.41. The molecule has 104 valence electrons. The lowest BCUT2D eigenvalue weighted by atomic mass is 9.75. The molecule has 1 aromatic rings. The van der Waals surface area contributed by atoms with Gasteiger partial charge in [0.15, 0.2) is 5.69 Å². The van der Waals surface area contributed by atoms with Gasteiger partial charge in [-0.1, -0.05) is 23.8 Å². The number of aromatic nitrogens is 2. The Morgan fingerprint density at radius 3 is 3.00 bits per heavy atom. The first-order valence-corrected chi connectivity index (χ1v) is 7.94. The second kappa shape index (κ2) is 5.54. The van der Waals surface area contributed by atoms with Crippen molar-refractivity contribution >= 4 is 17.4 Å². The van der Waals surface area contributed by atoms with E-state index < -0.39 is 0 Å². The predicted molar refractivity (Wildman–Crippen MR) is 74.2 cm³/mol. The van der Waals surface area contributed by atoms with Crippen molar-refractivity contribution in [3.05, 3.63) is 11.1 Å². The fourth-order valence-corrected chi connectivity index (χ4v) is 3.85. The molecule has 2 heterocycles.